The van der Waals surface area contributed by atoms with Crippen molar-refractivity contribution in [2.45, 2.75) is 54.7 Å². The lowest BCUT2D eigenvalue weighted by atomic mass is 10.1. The third kappa shape index (κ3) is 5.79. The number of amides is 5. The Bertz CT molecular complexity index is 1900. The van der Waals surface area contributed by atoms with E-state index in [4.69, 9.17) is 14.7 Å². The van der Waals surface area contributed by atoms with Gasteiger partial charge in [-0.3, -0.25) is 19.1 Å². The second-order valence-electron chi connectivity index (χ2n) is 12.4. The molecule has 3 N–H and O–H groups in total. The van der Waals surface area contributed by atoms with Crippen LogP contribution in [-0.4, -0.2) is 101 Å². The molecule has 5 atom stereocenters. The second kappa shape index (κ2) is 11.6. The average Bonchev–Trinajstić information content (AvgIpc) is 3.87. The molecule has 4 aliphatic rings. The van der Waals surface area contributed by atoms with Gasteiger partial charge in [-0.25, -0.2) is 23.2 Å². The van der Waals surface area contributed by atoms with Crippen molar-refractivity contribution in [3.05, 3.63) is 54.4 Å². The molecule has 4 heterocycles. The largest absolute Gasteiger partial charge is 0.471 e. The highest BCUT2D eigenvalue weighted by Gasteiger charge is 2.62. The summed E-state index contributed by atoms with van der Waals surface area (Å²) in [6.07, 6.45) is 1.94. The van der Waals surface area contributed by atoms with Gasteiger partial charge in [0.15, 0.2) is 0 Å². The third-order valence-corrected chi connectivity index (χ3v) is 11.8. The summed E-state index contributed by atoms with van der Waals surface area (Å²) >= 11 is 1.47. The van der Waals surface area contributed by atoms with E-state index in [2.05, 4.69) is 21.9 Å². The van der Waals surface area contributed by atoms with E-state index in [9.17, 15) is 27.6 Å². The zero-order chi connectivity index (χ0) is 33.1. The number of nitrogens with one attached hydrogen (secondary N) is 3. The number of sulfonamides is 1. The minimum atomic E-state index is -3.87. The van der Waals surface area contributed by atoms with Crippen LogP contribution in [0.4, 0.5) is 4.79 Å². The number of carbonyl (C=O) groups is 4. The van der Waals surface area contributed by atoms with Crippen LogP contribution < -0.4 is 20.1 Å². The predicted molar refractivity (Wildman–Crippen MR) is 172 cm³/mol. The van der Waals surface area contributed by atoms with Gasteiger partial charge in [-0.05, 0) is 42.8 Å². The fraction of sp³-hybridized carbons (Fsp3) is 0.419. The quantitative estimate of drug-likeness (QED) is 0.267. The third-order valence-electron chi connectivity index (χ3n) is 9.07. The molecule has 5 amide bonds. The second-order valence-corrected chi connectivity index (χ2v) is 15.3. The molecule has 4 fully saturated rings. The van der Waals surface area contributed by atoms with Gasteiger partial charge in [-0.15, -0.1) is 17.9 Å². The summed E-state index contributed by atoms with van der Waals surface area (Å²) in [6.45, 7) is 3.85. The van der Waals surface area contributed by atoms with Crippen molar-refractivity contribution in [3.63, 3.8) is 0 Å². The number of para-hydroxylation sites is 2. The molecule has 2 saturated carbocycles. The molecule has 7 rings (SSSR count). The van der Waals surface area contributed by atoms with Gasteiger partial charge in [-0.2, -0.15) is 0 Å². The number of hydrogen-bond acceptors (Lipinski definition) is 10. The number of likely N-dealkylation sites (tertiary alicyclic amines) is 1. The summed E-state index contributed by atoms with van der Waals surface area (Å²) in [7, 11) is -2.31. The molecule has 16 heteroatoms. The Morgan fingerprint density at radius 1 is 1.13 bits per heavy atom. The first-order chi connectivity index (χ1) is 22.5. The fourth-order valence-electron chi connectivity index (χ4n) is 6.19. The van der Waals surface area contributed by atoms with Crippen molar-refractivity contribution in [2.75, 3.05) is 20.1 Å². The lowest BCUT2D eigenvalue weighted by Gasteiger charge is -2.28. The van der Waals surface area contributed by atoms with E-state index in [1.807, 2.05) is 41.8 Å². The normalized spacial score (nSPS) is 27.0. The number of hydrogen-bond donors (Lipinski definition) is 3. The number of nitrogens with zero attached hydrogens (tertiary/aromatic N) is 4. The molecule has 0 spiro atoms. The maximum Gasteiger partial charge on any atom is 0.317 e. The number of fused-ring (bicyclic) bond motifs is 1. The van der Waals surface area contributed by atoms with Crippen LogP contribution in [0.1, 0.15) is 25.7 Å². The van der Waals surface area contributed by atoms with E-state index in [0.717, 1.165) is 4.88 Å². The smallest absolute Gasteiger partial charge is 0.317 e. The molecule has 2 aliphatic carbocycles. The van der Waals surface area contributed by atoms with Crippen molar-refractivity contribution < 1.29 is 32.3 Å². The minimum Gasteiger partial charge on any atom is -0.471 e. The summed E-state index contributed by atoms with van der Waals surface area (Å²) in [5.41, 5.74) is 0.289. The zero-order valence-corrected chi connectivity index (χ0v) is 27.1. The summed E-state index contributed by atoms with van der Waals surface area (Å²) < 4.78 is 33.7. The Morgan fingerprint density at radius 3 is 2.49 bits per heavy atom. The van der Waals surface area contributed by atoms with Crippen LogP contribution in [0.15, 0.2) is 54.4 Å². The van der Waals surface area contributed by atoms with Crippen LogP contribution in [0.5, 0.6) is 5.88 Å². The summed E-state index contributed by atoms with van der Waals surface area (Å²) in [4.78, 5) is 66.5. The standard InChI is InChI=1S/C31H33N7O7S2/c1-3-17-14-31(17,29(41)36-47(43,44)19-10-11-19)35-26(39)23-13-18(15-38(23)28(40)22-16-37(2)30(42)34-22)45-27-25(24-9-6-12-46-24)32-20-7-4-5-8-21(20)33-27/h3-9,12,17-19,22-23H,1,10-11,13-16H2,2H3,(H,34,42)(H,35,39)(H,36,41)/t17-,18-,22+,23+,31-/m1/s1. The summed E-state index contributed by atoms with van der Waals surface area (Å²) in [6, 6.07) is 8.75. The lowest BCUT2D eigenvalue weighted by Crippen LogP contribution is -2.58. The number of thiophene rings is 1. The first-order valence-electron chi connectivity index (χ1n) is 15.3. The molecule has 0 bridgehead atoms. The number of carbonyl (C=O) groups excluding carboxylic acids is 4. The average molecular weight is 680 g/mol. The molecule has 0 unspecified atom stereocenters. The molecule has 1 aromatic carbocycles. The van der Waals surface area contributed by atoms with Crippen LogP contribution >= 0.6 is 11.3 Å². The molecule has 2 aliphatic heterocycles. The van der Waals surface area contributed by atoms with E-state index in [1.165, 1.54) is 27.2 Å². The molecule has 3 aromatic rings. The zero-order valence-electron chi connectivity index (χ0n) is 25.4. The molecule has 0 radical (unpaired) electrons. The Kier molecular flexibility index (Phi) is 7.66. The number of aromatic nitrogens is 2. The Hall–Kier alpha value is -4.57. The molecule has 47 heavy (non-hydrogen) atoms. The van der Waals surface area contributed by atoms with Crippen LogP contribution in [0.25, 0.3) is 21.6 Å². The fourth-order valence-corrected chi connectivity index (χ4v) is 8.26. The number of benzene rings is 1. The molecule has 14 nitrogen and oxygen atoms in total. The molecular weight excluding hydrogens is 647 g/mol. The van der Waals surface area contributed by atoms with Gasteiger partial charge in [-0.1, -0.05) is 24.3 Å². The van der Waals surface area contributed by atoms with E-state index >= 15 is 0 Å². The van der Waals surface area contributed by atoms with E-state index in [0.29, 0.717) is 29.6 Å². The van der Waals surface area contributed by atoms with Crippen molar-refractivity contribution in [1.82, 2.24) is 35.1 Å². The van der Waals surface area contributed by atoms with Gasteiger partial charge in [0, 0.05) is 19.4 Å². The predicted octanol–water partition coefficient (Wildman–Crippen LogP) is 1.40. The molecular formula is C31H33N7O7S2. The minimum absolute atomic E-state index is 0.00840. The maximum atomic E-state index is 14.0. The highest BCUT2D eigenvalue weighted by Crippen LogP contribution is 2.45. The highest BCUT2D eigenvalue weighted by atomic mass is 32.2. The van der Waals surface area contributed by atoms with E-state index in [1.54, 1.807) is 7.05 Å². The number of ether oxygens (including phenoxy) is 1. The monoisotopic (exact) mass is 679 g/mol. The van der Waals surface area contributed by atoms with Crippen molar-refractivity contribution in [1.29, 1.82) is 0 Å². The number of likely N-dealkylation sites (N-methyl/N-ethyl adjacent to an activating group) is 1. The van der Waals surface area contributed by atoms with Crippen LogP contribution in [-0.2, 0) is 24.4 Å². The topological polar surface area (TPSA) is 180 Å². The Balaban J connectivity index is 1.17. The molecule has 2 aromatic heterocycles. The summed E-state index contributed by atoms with van der Waals surface area (Å²) in [5, 5.41) is 6.70. The first-order valence-corrected chi connectivity index (χ1v) is 17.7. The molecule has 246 valence electrons. The van der Waals surface area contributed by atoms with Crippen molar-refractivity contribution in [3.8, 4) is 16.5 Å². The van der Waals surface area contributed by atoms with E-state index < -0.39 is 68.7 Å². The highest BCUT2D eigenvalue weighted by molar-refractivity contribution is 7.91. The van der Waals surface area contributed by atoms with Crippen LogP contribution in [0.2, 0.25) is 0 Å². The van der Waals surface area contributed by atoms with Crippen molar-refractivity contribution in [2.24, 2.45) is 5.92 Å². The van der Waals surface area contributed by atoms with Gasteiger partial charge in [0.1, 0.15) is 29.4 Å². The van der Waals surface area contributed by atoms with Crippen LogP contribution in [0, 0.1) is 5.92 Å². The maximum absolute atomic E-state index is 14.0. The van der Waals surface area contributed by atoms with Gasteiger partial charge in [0.25, 0.3) is 5.91 Å². The van der Waals surface area contributed by atoms with E-state index in [-0.39, 0.29) is 31.8 Å². The van der Waals surface area contributed by atoms with Crippen LogP contribution in [0.3, 0.4) is 0 Å². The lowest BCUT2D eigenvalue weighted by molar-refractivity contribution is -0.140. The number of urea groups is 1. The molecule has 2 saturated heterocycles. The van der Waals surface area contributed by atoms with Gasteiger partial charge >= 0.3 is 6.03 Å². The summed E-state index contributed by atoms with van der Waals surface area (Å²) in [5.74, 6) is -2.21. The number of rotatable bonds is 10. The Morgan fingerprint density at radius 2 is 1.87 bits per heavy atom. The van der Waals surface area contributed by atoms with Gasteiger partial charge < -0.3 is 25.2 Å². The SMILES string of the molecule is C=C[C@@H]1C[C@]1(NC(=O)[C@@H]1C[C@@H](Oc2nc3ccccc3nc2-c2cccs2)CN1C(=O)[C@@H]1CN(C)C(=O)N1)C(=O)NS(=O)(=O)C1CC1. The Labute approximate surface area is 274 Å². The van der Waals surface area contributed by atoms with Gasteiger partial charge in [0.05, 0.1) is 34.2 Å². The van der Waals surface area contributed by atoms with Gasteiger partial charge in [0.2, 0.25) is 27.7 Å². The first kappa shape index (κ1) is 31.1. The van der Waals surface area contributed by atoms with Crippen molar-refractivity contribution >= 4 is 56.1 Å².